The van der Waals surface area contributed by atoms with Crippen LogP contribution in [-0.2, 0) is 0 Å². The molecule has 1 heterocycles. The van der Waals surface area contributed by atoms with Gasteiger partial charge >= 0.3 is 0 Å². The summed E-state index contributed by atoms with van der Waals surface area (Å²) in [7, 11) is 0. The van der Waals surface area contributed by atoms with Crippen molar-refractivity contribution in [3.63, 3.8) is 0 Å². The first kappa shape index (κ1) is 12.4. The first-order valence-electron chi connectivity index (χ1n) is 7.13. The highest BCUT2D eigenvalue weighted by Crippen LogP contribution is 2.33. The summed E-state index contributed by atoms with van der Waals surface area (Å²) in [5, 5.41) is 7.37. The van der Waals surface area contributed by atoms with Crippen molar-refractivity contribution < 1.29 is 0 Å². The molecule has 0 bridgehead atoms. The Morgan fingerprint density at radius 2 is 2.00 bits per heavy atom. The zero-order chi connectivity index (χ0) is 11.5. The summed E-state index contributed by atoms with van der Waals surface area (Å²) >= 11 is 0. The summed E-state index contributed by atoms with van der Waals surface area (Å²) in [6.07, 6.45) is 5.57. The average Bonchev–Trinajstić information content (AvgIpc) is 2.70. The monoisotopic (exact) mass is 224 g/mol. The van der Waals surface area contributed by atoms with Crippen molar-refractivity contribution in [2.75, 3.05) is 13.1 Å². The van der Waals surface area contributed by atoms with Crippen molar-refractivity contribution in [2.45, 2.75) is 58.5 Å². The number of nitrogens with one attached hydrogen (secondary N) is 2. The van der Waals surface area contributed by atoms with E-state index in [0.717, 1.165) is 29.8 Å². The van der Waals surface area contributed by atoms with E-state index >= 15 is 0 Å². The van der Waals surface area contributed by atoms with Gasteiger partial charge in [0.05, 0.1) is 0 Å². The minimum Gasteiger partial charge on any atom is -0.315 e. The number of rotatable bonds is 3. The van der Waals surface area contributed by atoms with E-state index in [4.69, 9.17) is 0 Å². The molecule has 2 N–H and O–H groups in total. The van der Waals surface area contributed by atoms with Crippen LogP contribution in [0, 0.1) is 17.8 Å². The zero-order valence-corrected chi connectivity index (χ0v) is 11.1. The summed E-state index contributed by atoms with van der Waals surface area (Å²) in [4.78, 5) is 0. The smallest absolute Gasteiger partial charge is 0.0207 e. The van der Waals surface area contributed by atoms with Crippen molar-refractivity contribution in [3.8, 4) is 0 Å². The number of hydrogen-bond acceptors (Lipinski definition) is 2. The molecule has 2 nitrogen and oxygen atoms in total. The molecule has 0 radical (unpaired) electrons. The quantitative estimate of drug-likeness (QED) is 0.769. The van der Waals surface area contributed by atoms with E-state index in [9.17, 15) is 0 Å². The van der Waals surface area contributed by atoms with E-state index in [0.29, 0.717) is 0 Å². The third-order valence-corrected chi connectivity index (χ3v) is 4.53. The molecular weight excluding hydrogens is 196 g/mol. The Labute approximate surface area is 101 Å². The summed E-state index contributed by atoms with van der Waals surface area (Å²) in [6.45, 7) is 9.57. The molecule has 4 unspecified atom stereocenters. The molecule has 2 aliphatic rings. The van der Waals surface area contributed by atoms with Crippen LogP contribution in [0.4, 0.5) is 0 Å². The van der Waals surface area contributed by atoms with Gasteiger partial charge in [-0.1, -0.05) is 27.2 Å². The molecule has 1 aliphatic carbocycles. The van der Waals surface area contributed by atoms with E-state index in [1.54, 1.807) is 0 Å². The molecule has 0 amide bonds. The maximum atomic E-state index is 3.92. The van der Waals surface area contributed by atoms with Crippen molar-refractivity contribution in [3.05, 3.63) is 0 Å². The molecule has 4 atom stereocenters. The molecule has 2 rings (SSSR count). The lowest BCUT2D eigenvalue weighted by Crippen LogP contribution is -2.48. The van der Waals surface area contributed by atoms with Gasteiger partial charge in [-0.05, 0) is 43.6 Å². The summed E-state index contributed by atoms with van der Waals surface area (Å²) < 4.78 is 0. The first-order valence-corrected chi connectivity index (χ1v) is 7.13. The lowest BCUT2D eigenvalue weighted by Gasteiger charge is -2.39. The van der Waals surface area contributed by atoms with Gasteiger partial charge in [0.1, 0.15) is 0 Å². The van der Waals surface area contributed by atoms with Crippen LogP contribution >= 0.6 is 0 Å². The predicted molar refractivity (Wildman–Crippen MR) is 69.5 cm³/mol. The fourth-order valence-electron chi connectivity index (χ4n) is 3.49. The van der Waals surface area contributed by atoms with Gasteiger partial charge in [-0.3, -0.25) is 0 Å². The minimum absolute atomic E-state index is 0.733. The Morgan fingerprint density at radius 1 is 1.19 bits per heavy atom. The fourth-order valence-corrected chi connectivity index (χ4v) is 3.49. The van der Waals surface area contributed by atoms with Gasteiger partial charge in [-0.2, -0.15) is 0 Å². The number of hydrogen-bond donors (Lipinski definition) is 2. The molecule has 0 spiro atoms. The van der Waals surface area contributed by atoms with Gasteiger partial charge < -0.3 is 10.6 Å². The molecule has 2 fully saturated rings. The van der Waals surface area contributed by atoms with Crippen LogP contribution in [0.1, 0.15) is 46.5 Å². The lowest BCUT2D eigenvalue weighted by atomic mass is 9.74. The standard InChI is InChI=1S/C14H28N2/c1-10(2)13-5-4-11(3)8-14(13)16-12-6-7-15-9-12/h10-16H,4-9H2,1-3H3. The summed E-state index contributed by atoms with van der Waals surface area (Å²) in [6, 6.07) is 1.50. The minimum atomic E-state index is 0.733. The van der Waals surface area contributed by atoms with Crippen molar-refractivity contribution in [2.24, 2.45) is 17.8 Å². The Hall–Kier alpha value is -0.0800. The van der Waals surface area contributed by atoms with Gasteiger partial charge in [-0.15, -0.1) is 0 Å². The Morgan fingerprint density at radius 3 is 2.62 bits per heavy atom. The lowest BCUT2D eigenvalue weighted by molar-refractivity contribution is 0.161. The molecule has 1 saturated carbocycles. The summed E-state index contributed by atoms with van der Waals surface area (Å²) in [5.74, 6) is 2.65. The van der Waals surface area contributed by atoms with Crippen LogP contribution < -0.4 is 10.6 Å². The zero-order valence-electron chi connectivity index (χ0n) is 11.1. The normalized spacial score (nSPS) is 40.5. The van der Waals surface area contributed by atoms with Crippen LogP contribution in [0.2, 0.25) is 0 Å². The third-order valence-electron chi connectivity index (χ3n) is 4.53. The van der Waals surface area contributed by atoms with Crippen LogP contribution in [-0.4, -0.2) is 25.2 Å². The Bertz CT molecular complexity index is 209. The highest BCUT2D eigenvalue weighted by atomic mass is 15.0. The van der Waals surface area contributed by atoms with Crippen LogP contribution in [0.15, 0.2) is 0 Å². The fraction of sp³-hybridized carbons (Fsp3) is 1.00. The highest BCUT2D eigenvalue weighted by Gasteiger charge is 2.32. The van der Waals surface area contributed by atoms with Crippen molar-refractivity contribution in [1.82, 2.24) is 10.6 Å². The third kappa shape index (κ3) is 2.98. The average molecular weight is 224 g/mol. The second-order valence-corrected chi connectivity index (χ2v) is 6.29. The second kappa shape index (κ2) is 5.50. The van der Waals surface area contributed by atoms with Gasteiger partial charge in [0, 0.05) is 18.6 Å². The van der Waals surface area contributed by atoms with Crippen molar-refractivity contribution in [1.29, 1.82) is 0 Å². The first-order chi connectivity index (χ1) is 7.66. The Kier molecular flexibility index (Phi) is 4.26. The van der Waals surface area contributed by atoms with Crippen LogP contribution in [0.5, 0.6) is 0 Å². The highest BCUT2D eigenvalue weighted by molar-refractivity contribution is 4.89. The SMILES string of the molecule is CC1CCC(C(C)C)C(NC2CCNC2)C1. The van der Waals surface area contributed by atoms with E-state index in [2.05, 4.69) is 31.4 Å². The molecule has 0 aromatic rings. The molecule has 0 aromatic carbocycles. The maximum Gasteiger partial charge on any atom is 0.0207 e. The molecule has 16 heavy (non-hydrogen) atoms. The van der Waals surface area contributed by atoms with Crippen LogP contribution in [0.3, 0.4) is 0 Å². The molecule has 0 aromatic heterocycles. The molecule has 1 saturated heterocycles. The molecular formula is C14H28N2. The van der Waals surface area contributed by atoms with Gasteiger partial charge in [0.2, 0.25) is 0 Å². The van der Waals surface area contributed by atoms with Crippen molar-refractivity contribution >= 4 is 0 Å². The van der Waals surface area contributed by atoms with Gasteiger partial charge in [0.15, 0.2) is 0 Å². The van der Waals surface area contributed by atoms with E-state index < -0.39 is 0 Å². The largest absolute Gasteiger partial charge is 0.315 e. The maximum absolute atomic E-state index is 3.92. The summed E-state index contributed by atoms with van der Waals surface area (Å²) in [5.41, 5.74) is 0. The Balaban J connectivity index is 1.91. The van der Waals surface area contributed by atoms with Gasteiger partial charge in [-0.25, -0.2) is 0 Å². The van der Waals surface area contributed by atoms with E-state index in [1.165, 1.54) is 38.8 Å². The molecule has 94 valence electrons. The van der Waals surface area contributed by atoms with Crippen LogP contribution in [0.25, 0.3) is 0 Å². The van der Waals surface area contributed by atoms with E-state index in [1.807, 2.05) is 0 Å². The van der Waals surface area contributed by atoms with E-state index in [-0.39, 0.29) is 0 Å². The predicted octanol–water partition coefficient (Wildman–Crippen LogP) is 2.40. The second-order valence-electron chi connectivity index (χ2n) is 6.29. The van der Waals surface area contributed by atoms with Gasteiger partial charge in [0.25, 0.3) is 0 Å². The molecule has 2 heteroatoms. The molecule has 1 aliphatic heterocycles. The topological polar surface area (TPSA) is 24.1 Å².